The highest BCUT2D eigenvalue weighted by molar-refractivity contribution is 5.68. The van der Waals surface area contributed by atoms with Crippen LogP contribution in [-0.4, -0.2) is 10.2 Å². The Balaban J connectivity index is 2.63. The van der Waals surface area contributed by atoms with Crippen LogP contribution in [0.25, 0.3) is 11.1 Å². The first kappa shape index (κ1) is 9.86. The molecule has 78 valence electrons. The summed E-state index contributed by atoms with van der Waals surface area (Å²) < 4.78 is 13.6. The first-order valence-electron chi connectivity index (χ1n) is 4.73. The number of aromatic nitrogens is 2. The topological polar surface area (TPSA) is 54.7 Å². The number of nitrogens with zero attached hydrogens (tertiary/aromatic N) is 1. The summed E-state index contributed by atoms with van der Waals surface area (Å²) in [6.07, 6.45) is 0. The Hall–Kier alpha value is -1.68. The van der Waals surface area contributed by atoms with Gasteiger partial charge in [-0.15, -0.1) is 0 Å². The highest BCUT2D eigenvalue weighted by Gasteiger charge is 2.13. The van der Waals surface area contributed by atoms with Gasteiger partial charge in [0.15, 0.2) is 0 Å². The molecule has 0 aliphatic rings. The van der Waals surface area contributed by atoms with Crippen LogP contribution < -0.4 is 5.73 Å². The molecule has 4 heteroatoms. The molecule has 0 atom stereocenters. The largest absolute Gasteiger partial charge is 0.325 e. The third-order valence-corrected chi connectivity index (χ3v) is 2.36. The Morgan fingerprint density at radius 1 is 1.40 bits per heavy atom. The van der Waals surface area contributed by atoms with E-state index < -0.39 is 0 Å². The average Bonchev–Trinajstić information content (AvgIpc) is 2.60. The molecule has 1 aromatic heterocycles. The van der Waals surface area contributed by atoms with Gasteiger partial charge in [-0.2, -0.15) is 5.10 Å². The molecule has 0 saturated heterocycles. The van der Waals surface area contributed by atoms with Crippen LogP contribution >= 0.6 is 0 Å². The lowest BCUT2D eigenvalue weighted by molar-refractivity contribution is 0.631. The second-order valence-electron chi connectivity index (χ2n) is 3.35. The summed E-state index contributed by atoms with van der Waals surface area (Å²) in [4.78, 5) is 0. The number of aromatic amines is 1. The van der Waals surface area contributed by atoms with Crippen LogP contribution in [-0.2, 0) is 6.54 Å². The van der Waals surface area contributed by atoms with Gasteiger partial charge in [-0.05, 0) is 13.0 Å². The third kappa shape index (κ3) is 1.64. The molecule has 3 N–H and O–H groups in total. The molecule has 0 bridgehead atoms. The van der Waals surface area contributed by atoms with Crippen molar-refractivity contribution >= 4 is 0 Å². The van der Waals surface area contributed by atoms with Crippen molar-refractivity contribution in [3.63, 3.8) is 0 Å². The summed E-state index contributed by atoms with van der Waals surface area (Å²) in [6.45, 7) is 2.15. The monoisotopic (exact) mass is 205 g/mol. The van der Waals surface area contributed by atoms with Crippen LogP contribution in [0.1, 0.15) is 11.4 Å². The predicted molar refractivity (Wildman–Crippen MR) is 56.6 cm³/mol. The molecular formula is C11H12FN3. The normalized spacial score (nSPS) is 10.6. The highest BCUT2D eigenvalue weighted by atomic mass is 19.1. The minimum absolute atomic E-state index is 0.253. The third-order valence-electron chi connectivity index (χ3n) is 2.36. The first-order valence-corrected chi connectivity index (χ1v) is 4.73. The molecule has 3 nitrogen and oxygen atoms in total. The molecule has 1 heterocycles. The van der Waals surface area contributed by atoms with Gasteiger partial charge in [-0.1, -0.05) is 18.2 Å². The second kappa shape index (κ2) is 3.82. The molecule has 0 amide bonds. The van der Waals surface area contributed by atoms with Crippen LogP contribution in [0.5, 0.6) is 0 Å². The molecule has 0 saturated carbocycles. The number of halogens is 1. The van der Waals surface area contributed by atoms with Crippen molar-refractivity contribution in [3.8, 4) is 11.1 Å². The van der Waals surface area contributed by atoms with Gasteiger partial charge in [0.2, 0.25) is 0 Å². The van der Waals surface area contributed by atoms with Gasteiger partial charge in [0, 0.05) is 23.4 Å². The van der Waals surface area contributed by atoms with E-state index in [4.69, 9.17) is 5.73 Å². The van der Waals surface area contributed by atoms with Crippen LogP contribution in [0.4, 0.5) is 4.39 Å². The zero-order valence-electron chi connectivity index (χ0n) is 8.42. The fraction of sp³-hybridized carbons (Fsp3) is 0.182. The van der Waals surface area contributed by atoms with E-state index in [1.807, 2.05) is 6.92 Å². The van der Waals surface area contributed by atoms with Gasteiger partial charge in [-0.3, -0.25) is 5.10 Å². The molecule has 0 aliphatic heterocycles. The lowest BCUT2D eigenvalue weighted by atomic mass is 10.0. The van der Waals surface area contributed by atoms with Gasteiger partial charge in [-0.25, -0.2) is 4.39 Å². The number of hydrogen-bond acceptors (Lipinski definition) is 2. The molecular weight excluding hydrogens is 193 g/mol. The molecule has 15 heavy (non-hydrogen) atoms. The Labute approximate surface area is 87.1 Å². The molecule has 0 fully saturated rings. The van der Waals surface area contributed by atoms with Crippen LogP contribution in [0.3, 0.4) is 0 Å². The summed E-state index contributed by atoms with van der Waals surface area (Å²) in [7, 11) is 0. The number of nitrogens with one attached hydrogen (secondary N) is 1. The quantitative estimate of drug-likeness (QED) is 0.787. The van der Waals surface area contributed by atoms with E-state index in [9.17, 15) is 4.39 Å². The second-order valence-corrected chi connectivity index (χ2v) is 3.35. The van der Waals surface area contributed by atoms with Gasteiger partial charge >= 0.3 is 0 Å². The Morgan fingerprint density at radius 3 is 2.80 bits per heavy atom. The van der Waals surface area contributed by atoms with E-state index in [0.29, 0.717) is 17.8 Å². The molecule has 2 rings (SSSR count). The van der Waals surface area contributed by atoms with Crippen molar-refractivity contribution in [2.45, 2.75) is 13.5 Å². The number of nitrogens with two attached hydrogens (primary N) is 1. The fourth-order valence-corrected chi connectivity index (χ4v) is 1.65. The van der Waals surface area contributed by atoms with Crippen LogP contribution in [0, 0.1) is 12.7 Å². The van der Waals surface area contributed by atoms with Gasteiger partial charge < -0.3 is 5.73 Å². The summed E-state index contributed by atoms with van der Waals surface area (Å²) in [5.41, 5.74) is 8.39. The van der Waals surface area contributed by atoms with Crippen molar-refractivity contribution in [1.29, 1.82) is 0 Å². The summed E-state index contributed by atoms with van der Waals surface area (Å²) in [5.74, 6) is -0.253. The van der Waals surface area contributed by atoms with E-state index in [1.54, 1.807) is 18.2 Å². The molecule has 2 aromatic rings. The lowest BCUT2D eigenvalue weighted by Gasteiger charge is -2.03. The number of hydrogen-bond donors (Lipinski definition) is 2. The maximum atomic E-state index is 13.6. The molecule has 0 radical (unpaired) electrons. The zero-order chi connectivity index (χ0) is 10.8. The van der Waals surface area contributed by atoms with Crippen molar-refractivity contribution in [1.82, 2.24) is 10.2 Å². The maximum Gasteiger partial charge on any atom is 0.131 e. The Morgan fingerprint density at radius 2 is 2.13 bits per heavy atom. The van der Waals surface area contributed by atoms with Crippen molar-refractivity contribution in [2.24, 2.45) is 5.73 Å². The predicted octanol–water partition coefficient (Wildman–Crippen LogP) is 1.98. The fourth-order valence-electron chi connectivity index (χ4n) is 1.65. The van der Waals surface area contributed by atoms with Crippen molar-refractivity contribution in [2.75, 3.05) is 0 Å². The number of aryl methyl sites for hydroxylation is 1. The van der Waals surface area contributed by atoms with Crippen molar-refractivity contribution in [3.05, 3.63) is 41.5 Å². The van der Waals surface area contributed by atoms with Crippen LogP contribution in [0.2, 0.25) is 0 Å². The minimum Gasteiger partial charge on any atom is -0.325 e. The molecule has 0 unspecified atom stereocenters. The first-order chi connectivity index (χ1) is 7.24. The van der Waals surface area contributed by atoms with E-state index in [1.165, 1.54) is 6.07 Å². The summed E-state index contributed by atoms with van der Waals surface area (Å²) >= 11 is 0. The minimum atomic E-state index is -0.253. The molecule has 1 aromatic carbocycles. The van der Waals surface area contributed by atoms with Crippen molar-refractivity contribution < 1.29 is 4.39 Å². The number of rotatable bonds is 2. The van der Waals surface area contributed by atoms with E-state index in [0.717, 1.165) is 11.3 Å². The Bertz CT molecular complexity index is 476. The van der Waals surface area contributed by atoms with Gasteiger partial charge in [0.25, 0.3) is 0 Å². The Kier molecular flexibility index (Phi) is 2.51. The number of benzene rings is 1. The lowest BCUT2D eigenvalue weighted by Crippen LogP contribution is -1.99. The zero-order valence-corrected chi connectivity index (χ0v) is 8.42. The maximum absolute atomic E-state index is 13.6. The van der Waals surface area contributed by atoms with E-state index in [2.05, 4.69) is 10.2 Å². The summed E-state index contributed by atoms with van der Waals surface area (Å²) in [5, 5.41) is 6.85. The SMILES string of the molecule is Cc1[nH]nc(CN)c1-c1ccccc1F. The standard InChI is InChI=1S/C11H12FN3/c1-7-11(10(6-13)15-14-7)8-4-2-3-5-9(8)12/h2-5H,6,13H2,1H3,(H,14,15). The molecule has 0 aliphatic carbocycles. The highest BCUT2D eigenvalue weighted by Crippen LogP contribution is 2.27. The van der Waals surface area contributed by atoms with E-state index in [-0.39, 0.29) is 5.82 Å². The van der Waals surface area contributed by atoms with Crippen LogP contribution in [0.15, 0.2) is 24.3 Å². The number of H-pyrrole nitrogens is 1. The van der Waals surface area contributed by atoms with E-state index >= 15 is 0 Å². The summed E-state index contributed by atoms with van der Waals surface area (Å²) in [6, 6.07) is 6.62. The van der Waals surface area contributed by atoms with Gasteiger partial charge in [0.05, 0.1) is 5.69 Å². The van der Waals surface area contributed by atoms with Gasteiger partial charge in [0.1, 0.15) is 5.82 Å². The average molecular weight is 205 g/mol. The smallest absolute Gasteiger partial charge is 0.131 e. The molecule has 0 spiro atoms.